The number of rotatable bonds is 4. The zero-order valence-electron chi connectivity index (χ0n) is 9.46. The molecule has 0 spiro atoms. The Kier molecular flexibility index (Phi) is 3.57. The Balaban J connectivity index is 2.12. The summed E-state index contributed by atoms with van der Waals surface area (Å²) >= 11 is 5.09. The average molecular weight is 263 g/mol. The number of nitrogens with zero attached hydrogens (tertiary/aromatic N) is 1. The summed E-state index contributed by atoms with van der Waals surface area (Å²) in [5, 5.41) is 13.5. The number of para-hydroxylation sites is 1. The van der Waals surface area contributed by atoms with Crippen LogP contribution < -0.4 is 15.3 Å². The topological polar surface area (TPSA) is 72.5 Å². The lowest BCUT2D eigenvalue weighted by molar-refractivity contribution is -0.305. The van der Waals surface area contributed by atoms with E-state index in [0.717, 1.165) is 0 Å². The van der Waals surface area contributed by atoms with E-state index in [0.29, 0.717) is 10.8 Å². The van der Waals surface area contributed by atoms with E-state index < -0.39 is 12.0 Å². The summed E-state index contributed by atoms with van der Waals surface area (Å²) in [6.07, 6.45) is -0.000704. The molecule has 0 radical (unpaired) electrons. The molecule has 1 amide bonds. The largest absolute Gasteiger partial charge is 0.550 e. The minimum atomic E-state index is -1.17. The molecule has 1 heterocycles. The molecule has 18 heavy (non-hydrogen) atoms. The van der Waals surface area contributed by atoms with Crippen LogP contribution in [0.2, 0.25) is 0 Å². The smallest absolute Gasteiger partial charge is 0.255 e. The normalized spacial score (nSPS) is 18.9. The highest BCUT2D eigenvalue weighted by molar-refractivity contribution is 7.80. The van der Waals surface area contributed by atoms with E-state index in [1.54, 1.807) is 24.3 Å². The van der Waals surface area contributed by atoms with Crippen LogP contribution >= 0.6 is 12.2 Å². The van der Waals surface area contributed by atoms with Gasteiger partial charge in [-0.05, 0) is 37.2 Å². The summed E-state index contributed by atoms with van der Waals surface area (Å²) in [6.45, 7) is 0. The van der Waals surface area contributed by atoms with Crippen molar-refractivity contribution in [3.8, 4) is 0 Å². The van der Waals surface area contributed by atoms with Crippen LogP contribution in [0.15, 0.2) is 30.3 Å². The van der Waals surface area contributed by atoms with E-state index in [1.807, 2.05) is 6.07 Å². The fraction of sp³-hybridized carbons (Fsp3) is 0.250. The van der Waals surface area contributed by atoms with Crippen molar-refractivity contribution >= 4 is 34.9 Å². The first-order valence-corrected chi connectivity index (χ1v) is 5.90. The molecule has 1 fully saturated rings. The van der Waals surface area contributed by atoms with Gasteiger partial charge in [-0.25, -0.2) is 0 Å². The minimum Gasteiger partial charge on any atom is -0.550 e. The molecule has 94 valence electrons. The van der Waals surface area contributed by atoms with E-state index in [-0.39, 0.29) is 18.7 Å². The number of nitrogens with one attached hydrogen (secondary N) is 1. The van der Waals surface area contributed by atoms with Crippen molar-refractivity contribution in [1.82, 2.24) is 5.32 Å². The van der Waals surface area contributed by atoms with Gasteiger partial charge in [0.1, 0.15) is 6.04 Å². The Morgan fingerprint density at radius 1 is 1.39 bits per heavy atom. The highest BCUT2D eigenvalue weighted by Gasteiger charge is 2.35. The highest BCUT2D eigenvalue weighted by Crippen LogP contribution is 2.20. The predicted octanol–water partition coefficient (Wildman–Crippen LogP) is -0.194. The van der Waals surface area contributed by atoms with Gasteiger partial charge in [0.15, 0.2) is 5.11 Å². The number of amides is 1. The van der Waals surface area contributed by atoms with Crippen molar-refractivity contribution in [3.63, 3.8) is 0 Å². The van der Waals surface area contributed by atoms with Gasteiger partial charge in [0.25, 0.3) is 5.91 Å². The summed E-state index contributed by atoms with van der Waals surface area (Å²) in [6, 6.07) is 8.41. The lowest BCUT2D eigenvalue weighted by Crippen LogP contribution is -2.32. The summed E-state index contributed by atoms with van der Waals surface area (Å²) in [5.74, 6) is -1.40. The molecular formula is C12H11N2O3S-. The van der Waals surface area contributed by atoms with Crippen LogP contribution in [0.5, 0.6) is 0 Å². The van der Waals surface area contributed by atoms with Crippen LogP contribution in [0, 0.1) is 0 Å². The number of aliphatic carboxylic acids is 1. The molecule has 5 nitrogen and oxygen atoms in total. The lowest BCUT2D eigenvalue weighted by Gasteiger charge is -2.14. The Morgan fingerprint density at radius 3 is 2.67 bits per heavy atom. The Labute approximate surface area is 109 Å². The lowest BCUT2D eigenvalue weighted by atomic mass is 10.1. The van der Waals surface area contributed by atoms with Gasteiger partial charge in [-0.1, -0.05) is 18.2 Å². The molecule has 0 aromatic heterocycles. The number of benzene rings is 1. The van der Waals surface area contributed by atoms with Crippen molar-refractivity contribution in [3.05, 3.63) is 30.3 Å². The van der Waals surface area contributed by atoms with Crippen molar-refractivity contribution in [2.45, 2.75) is 18.9 Å². The molecule has 0 unspecified atom stereocenters. The standard InChI is InChI=1S/C12H12N2O3S/c15-10(16)7-6-9-11(17)14(12(18)13-9)8-4-2-1-3-5-8/h1-5,9H,6-7H2,(H,13,18)(H,15,16)/p-1/t9-/m1/s1. The molecule has 1 atom stereocenters. The van der Waals surface area contributed by atoms with Crippen molar-refractivity contribution in [2.24, 2.45) is 0 Å². The zero-order chi connectivity index (χ0) is 13.1. The van der Waals surface area contributed by atoms with Crippen LogP contribution in [0.25, 0.3) is 0 Å². The maximum absolute atomic E-state index is 12.1. The number of carbonyl (C=O) groups is 2. The van der Waals surface area contributed by atoms with Crippen LogP contribution in [-0.2, 0) is 9.59 Å². The van der Waals surface area contributed by atoms with E-state index in [1.165, 1.54) is 4.90 Å². The number of carboxylic acid groups (broad SMARTS) is 1. The number of thiocarbonyl (C=S) groups is 1. The van der Waals surface area contributed by atoms with Gasteiger partial charge in [0, 0.05) is 5.97 Å². The van der Waals surface area contributed by atoms with Crippen LogP contribution in [-0.4, -0.2) is 23.0 Å². The van der Waals surface area contributed by atoms with Crippen LogP contribution in [0.3, 0.4) is 0 Å². The molecule has 1 aliphatic heterocycles. The molecule has 0 bridgehead atoms. The summed E-state index contributed by atoms with van der Waals surface area (Å²) in [5.41, 5.74) is 0.677. The second-order valence-electron chi connectivity index (χ2n) is 3.92. The molecule has 1 aromatic rings. The van der Waals surface area contributed by atoms with E-state index in [2.05, 4.69) is 5.32 Å². The van der Waals surface area contributed by atoms with Crippen molar-refractivity contribution < 1.29 is 14.7 Å². The average Bonchev–Trinajstić information content (AvgIpc) is 2.63. The fourth-order valence-electron chi connectivity index (χ4n) is 1.81. The monoisotopic (exact) mass is 263 g/mol. The molecule has 2 rings (SSSR count). The Bertz CT molecular complexity index is 489. The predicted molar refractivity (Wildman–Crippen MR) is 67.7 cm³/mol. The molecule has 1 aliphatic rings. The third-order valence-electron chi connectivity index (χ3n) is 2.67. The van der Waals surface area contributed by atoms with E-state index in [4.69, 9.17) is 12.2 Å². The van der Waals surface area contributed by atoms with Crippen LogP contribution in [0.1, 0.15) is 12.8 Å². The first-order chi connectivity index (χ1) is 8.59. The molecule has 0 saturated carbocycles. The number of anilines is 1. The molecule has 1 aromatic carbocycles. The van der Waals surface area contributed by atoms with Crippen LogP contribution in [0.4, 0.5) is 5.69 Å². The maximum Gasteiger partial charge on any atom is 0.255 e. The van der Waals surface area contributed by atoms with Gasteiger partial charge in [-0.3, -0.25) is 9.69 Å². The molecule has 1 saturated heterocycles. The number of hydrogen-bond acceptors (Lipinski definition) is 4. The number of carboxylic acids is 1. The van der Waals surface area contributed by atoms with E-state index >= 15 is 0 Å². The van der Waals surface area contributed by atoms with Gasteiger partial charge in [0.2, 0.25) is 0 Å². The SMILES string of the molecule is O=C([O-])CC[C@H]1NC(=S)N(c2ccccc2)C1=O. The Hall–Kier alpha value is -1.95. The first-order valence-electron chi connectivity index (χ1n) is 5.49. The molecule has 0 aliphatic carbocycles. The van der Waals surface area contributed by atoms with Gasteiger partial charge >= 0.3 is 0 Å². The van der Waals surface area contributed by atoms with E-state index in [9.17, 15) is 14.7 Å². The van der Waals surface area contributed by atoms with Gasteiger partial charge in [-0.2, -0.15) is 0 Å². The number of carbonyl (C=O) groups excluding carboxylic acids is 2. The summed E-state index contributed by atoms with van der Waals surface area (Å²) in [4.78, 5) is 23.9. The summed E-state index contributed by atoms with van der Waals surface area (Å²) in [7, 11) is 0. The summed E-state index contributed by atoms with van der Waals surface area (Å²) < 4.78 is 0. The van der Waals surface area contributed by atoms with Gasteiger partial charge < -0.3 is 15.2 Å². The van der Waals surface area contributed by atoms with Gasteiger partial charge in [0.05, 0.1) is 5.69 Å². The first kappa shape index (κ1) is 12.5. The third-order valence-corrected chi connectivity index (χ3v) is 2.97. The third kappa shape index (κ3) is 2.48. The molecule has 1 N–H and O–H groups in total. The zero-order valence-corrected chi connectivity index (χ0v) is 10.3. The second kappa shape index (κ2) is 5.14. The highest BCUT2D eigenvalue weighted by atomic mass is 32.1. The maximum atomic E-state index is 12.1. The fourth-order valence-corrected chi connectivity index (χ4v) is 2.15. The van der Waals surface area contributed by atoms with Crippen molar-refractivity contribution in [1.29, 1.82) is 0 Å². The minimum absolute atomic E-state index is 0.171. The Morgan fingerprint density at radius 2 is 2.06 bits per heavy atom. The second-order valence-corrected chi connectivity index (χ2v) is 4.31. The molecular weight excluding hydrogens is 252 g/mol. The molecule has 6 heteroatoms. The number of hydrogen-bond donors (Lipinski definition) is 1. The van der Waals surface area contributed by atoms with Crippen molar-refractivity contribution in [2.75, 3.05) is 4.90 Å². The van der Waals surface area contributed by atoms with Gasteiger partial charge in [-0.15, -0.1) is 0 Å². The quantitative estimate of drug-likeness (QED) is 0.762.